The minimum absolute atomic E-state index is 0.0583. The fourth-order valence-electron chi connectivity index (χ4n) is 3.99. The minimum atomic E-state index is -0.0583. The van der Waals surface area contributed by atoms with Gasteiger partial charge in [0.15, 0.2) is 0 Å². The molecule has 1 unspecified atom stereocenters. The Kier molecular flexibility index (Phi) is 6.29. The van der Waals surface area contributed by atoms with E-state index in [2.05, 4.69) is 21.8 Å². The summed E-state index contributed by atoms with van der Waals surface area (Å²) in [6.07, 6.45) is 4.52. The molecule has 0 aromatic carbocycles. The molecule has 144 valence electrons. The van der Waals surface area contributed by atoms with Crippen LogP contribution in [0.4, 0.5) is 5.69 Å². The molecular weight excluding hydrogens is 330 g/mol. The summed E-state index contributed by atoms with van der Waals surface area (Å²) < 4.78 is 1.46. The highest BCUT2D eigenvalue weighted by atomic mass is 16.2. The number of amides is 1. The van der Waals surface area contributed by atoms with Crippen LogP contribution < -0.4 is 10.5 Å². The smallest absolute Gasteiger partial charge is 0.268 e. The van der Waals surface area contributed by atoms with Crippen LogP contribution in [0.1, 0.15) is 33.1 Å². The number of hydrogen-bond acceptors (Lipinski definition) is 5. The Morgan fingerprint density at radius 3 is 2.58 bits per heavy atom. The SMILES string of the molecule is CCN1CCN(C(=O)CC2CCCN(c3cnn(CC)c(=O)c3)C2)CC1. The highest BCUT2D eigenvalue weighted by Crippen LogP contribution is 2.24. The van der Waals surface area contributed by atoms with Crippen LogP contribution in [-0.2, 0) is 11.3 Å². The number of likely N-dealkylation sites (N-methyl/N-ethyl adjacent to an activating group) is 1. The van der Waals surface area contributed by atoms with Crippen molar-refractivity contribution in [1.82, 2.24) is 19.6 Å². The van der Waals surface area contributed by atoms with Crippen LogP contribution in [-0.4, -0.2) is 71.3 Å². The van der Waals surface area contributed by atoms with E-state index >= 15 is 0 Å². The highest BCUT2D eigenvalue weighted by molar-refractivity contribution is 5.76. The predicted molar refractivity (Wildman–Crippen MR) is 102 cm³/mol. The molecule has 2 fully saturated rings. The van der Waals surface area contributed by atoms with E-state index in [4.69, 9.17) is 0 Å². The van der Waals surface area contributed by atoms with E-state index in [1.54, 1.807) is 12.3 Å². The molecule has 0 aliphatic carbocycles. The first-order chi connectivity index (χ1) is 12.6. The van der Waals surface area contributed by atoms with Crippen molar-refractivity contribution in [2.24, 2.45) is 5.92 Å². The summed E-state index contributed by atoms with van der Waals surface area (Å²) in [4.78, 5) is 31.3. The van der Waals surface area contributed by atoms with Gasteiger partial charge < -0.3 is 14.7 Å². The number of carbonyl (C=O) groups is 1. The normalized spacial score (nSPS) is 21.8. The van der Waals surface area contributed by atoms with Crippen molar-refractivity contribution in [3.8, 4) is 0 Å². The summed E-state index contributed by atoms with van der Waals surface area (Å²) in [5.74, 6) is 0.640. The number of aryl methyl sites for hydroxylation is 1. The Balaban J connectivity index is 1.56. The number of aromatic nitrogens is 2. The van der Waals surface area contributed by atoms with Crippen molar-refractivity contribution in [3.05, 3.63) is 22.6 Å². The molecule has 0 spiro atoms. The Morgan fingerprint density at radius 2 is 1.92 bits per heavy atom. The number of anilines is 1. The number of nitrogens with zero attached hydrogens (tertiary/aromatic N) is 5. The standard InChI is InChI=1S/C19H31N5O2/c1-3-21-8-10-22(11-9-21)18(25)12-16-6-5-7-23(15-16)17-13-19(26)24(4-2)20-14-17/h13-14,16H,3-12,15H2,1-2H3. The van der Waals surface area contributed by atoms with Crippen LogP contribution in [0.5, 0.6) is 0 Å². The van der Waals surface area contributed by atoms with Gasteiger partial charge in [-0.1, -0.05) is 6.92 Å². The van der Waals surface area contributed by atoms with Gasteiger partial charge >= 0.3 is 0 Å². The second-order valence-electron chi connectivity index (χ2n) is 7.34. The Hall–Kier alpha value is -1.89. The number of carbonyl (C=O) groups excluding carboxylic acids is 1. The van der Waals surface area contributed by atoms with Crippen molar-refractivity contribution in [1.29, 1.82) is 0 Å². The molecule has 26 heavy (non-hydrogen) atoms. The molecule has 0 bridgehead atoms. The van der Waals surface area contributed by atoms with Crippen molar-refractivity contribution in [3.63, 3.8) is 0 Å². The molecule has 3 rings (SSSR count). The molecule has 1 aromatic heterocycles. The van der Waals surface area contributed by atoms with Gasteiger partial charge in [0.25, 0.3) is 5.56 Å². The molecule has 0 N–H and O–H groups in total. The second kappa shape index (κ2) is 8.66. The molecule has 2 saturated heterocycles. The third kappa shape index (κ3) is 4.44. The van der Waals surface area contributed by atoms with E-state index in [1.165, 1.54) is 4.68 Å². The first-order valence-electron chi connectivity index (χ1n) is 9.93. The van der Waals surface area contributed by atoms with Crippen molar-refractivity contribution >= 4 is 11.6 Å². The van der Waals surface area contributed by atoms with Crippen LogP contribution in [0.15, 0.2) is 17.1 Å². The van der Waals surface area contributed by atoms with E-state index in [9.17, 15) is 9.59 Å². The van der Waals surface area contributed by atoms with Crippen molar-refractivity contribution < 1.29 is 4.79 Å². The molecule has 0 saturated carbocycles. The monoisotopic (exact) mass is 361 g/mol. The lowest BCUT2D eigenvalue weighted by molar-refractivity contribution is -0.134. The lowest BCUT2D eigenvalue weighted by atomic mass is 9.93. The van der Waals surface area contributed by atoms with Gasteiger partial charge in [-0.15, -0.1) is 0 Å². The first kappa shape index (κ1) is 18.9. The van der Waals surface area contributed by atoms with Gasteiger partial charge in [-0.2, -0.15) is 5.10 Å². The highest BCUT2D eigenvalue weighted by Gasteiger charge is 2.26. The van der Waals surface area contributed by atoms with E-state index in [1.807, 2.05) is 11.8 Å². The number of hydrogen-bond donors (Lipinski definition) is 0. The summed E-state index contributed by atoms with van der Waals surface area (Å²) >= 11 is 0. The van der Waals surface area contributed by atoms with Gasteiger partial charge in [-0.3, -0.25) is 9.59 Å². The largest absolute Gasteiger partial charge is 0.370 e. The molecule has 0 radical (unpaired) electrons. The van der Waals surface area contributed by atoms with Crippen LogP contribution >= 0.6 is 0 Å². The zero-order valence-corrected chi connectivity index (χ0v) is 16.1. The van der Waals surface area contributed by atoms with Gasteiger partial charge in [0.2, 0.25) is 5.91 Å². The molecular formula is C19H31N5O2. The first-order valence-corrected chi connectivity index (χ1v) is 9.93. The molecule has 3 heterocycles. The topological polar surface area (TPSA) is 61.7 Å². The van der Waals surface area contributed by atoms with Crippen molar-refractivity contribution in [2.45, 2.75) is 39.7 Å². The van der Waals surface area contributed by atoms with Gasteiger partial charge in [0.1, 0.15) is 0 Å². The molecule has 1 aromatic rings. The maximum absolute atomic E-state index is 12.7. The fraction of sp³-hybridized carbons (Fsp3) is 0.737. The second-order valence-corrected chi connectivity index (χ2v) is 7.34. The maximum Gasteiger partial charge on any atom is 0.268 e. The minimum Gasteiger partial charge on any atom is -0.370 e. The lowest BCUT2D eigenvalue weighted by Gasteiger charge is -2.37. The third-order valence-electron chi connectivity index (χ3n) is 5.67. The zero-order chi connectivity index (χ0) is 18.5. The summed E-state index contributed by atoms with van der Waals surface area (Å²) in [7, 11) is 0. The van der Waals surface area contributed by atoms with E-state index in [-0.39, 0.29) is 11.5 Å². The van der Waals surface area contributed by atoms with Crippen LogP contribution in [0.25, 0.3) is 0 Å². The molecule has 2 aliphatic rings. The molecule has 7 nitrogen and oxygen atoms in total. The number of rotatable bonds is 5. The van der Waals surface area contributed by atoms with E-state index in [0.717, 1.165) is 64.3 Å². The van der Waals surface area contributed by atoms with Crippen LogP contribution in [0.3, 0.4) is 0 Å². The maximum atomic E-state index is 12.7. The summed E-state index contributed by atoms with van der Waals surface area (Å²) in [6.45, 7) is 11.2. The van der Waals surface area contributed by atoms with Gasteiger partial charge in [-0.05, 0) is 32.2 Å². The Morgan fingerprint density at radius 1 is 1.15 bits per heavy atom. The third-order valence-corrected chi connectivity index (χ3v) is 5.67. The average molecular weight is 361 g/mol. The molecule has 1 atom stereocenters. The number of piperazine rings is 1. The van der Waals surface area contributed by atoms with Crippen molar-refractivity contribution in [2.75, 3.05) is 50.7 Å². The van der Waals surface area contributed by atoms with Gasteiger partial charge in [0, 0.05) is 58.3 Å². The molecule has 2 aliphatic heterocycles. The quantitative estimate of drug-likeness (QED) is 0.784. The van der Waals surface area contributed by atoms with E-state index < -0.39 is 0 Å². The Labute approximate surface area is 155 Å². The summed E-state index contributed by atoms with van der Waals surface area (Å²) in [5.41, 5.74) is 0.824. The lowest BCUT2D eigenvalue weighted by Crippen LogP contribution is -2.49. The summed E-state index contributed by atoms with van der Waals surface area (Å²) in [6, 6.07) is 1.67. The predicted octanol–water partition coefficient (Wildman–Crippen LogP) is 1.03. The van der Waals surface area contributed by atoms with Crippen LogP contribution in [0.2, 0.25) is 0 Å². The van der Waals surface area contributed by atoms with Crippen LogP contribution in [0, 0.1) is 5.92 Å². The Bertz CT molecular complexity index is 666. The van der Waals surface area contributed by atoms with Gasteiger partial charge in [-0.25, -0.2) is 4.68 Å². The zero-order valence-electron chi connectivity index (χ0n) is 16.1. The number of piperidine rings is 1. The summed E-state index contributed by atoms with van der Waals surface area (Å²) in [5, 5.41) is 4.23. The van der Waals surface area contributed by atoms with Gasteiger partial charge in [0.05, 0.1) is 11.9 Å². The molecule has 1 amide bonds. The van der Waals surface area contributed by atoms with E-state index in [0.29, 0.717) is 18.9 Å². The molecule has 7 heteroatoms. The fourth-order valence-corrected chi connectivity index (χ4v) is 3.99. The average Bonchev–Trinajstić information content (AvgIpc) is 2.68.